The van der Waals surface area contributed by atoms with Gasteiger partial charge in [-0.25, -0.2) is 9.67 Å². The van der Waals surface area contributed by atoms with Crippen molar-refractivity contribution in [2.24, 2.45) is 0 Å². The number of fused-ring (bicyclic) bond motifs is 2. The van der Waals surface area contributed by atoms with Crippen LogP contribution < -0.4 is 14.4 Å². The second-order valence-corrected chi connectivity index (χ2v) is 6.17. The molecule has 0 amide bonds. The van der Waals surface area contributed by atoms with Crippen molar-refractivity contribution < 1.29 is 9.47 Å². The maximum absolute atomic E-state index is 6.08. The first-order valence-electron chi connectivity index (χ1n) is 7.65. The van der Waals surface area contributed by atoms with Crippen molar-refractivity contribution in [1.29, 1.82) is 0 Å². The van der Waals surface area contributed by atoms with Gasteiger partial charge in [0.15, 0.2) is 0 Å². The van der Waals surface area contributed by atoms with Gasteiger partial charge >= 0.3 is 0 Å². The minimum Gasteiger partial charge on any atom is -0.494 e. The maximum Gasteiger partial charge on any atom is 0.146 e. The molecule has 0 saturated carbocycles. The van der Waals surface area contributed by atoms with Gasteiger partial charge in [0.2, 0.25) is 0 Å². The zero-order valence-electron chi connectivity index (χ0n) is 13.7. The second kappa shape index (κ2) is 5.56. The molecule has 1 aliphatic heterocycles. The number of likely N-dealkylation sites (N-methyl/N-ethyl adjacent to an activating group) is 1. The van der Waals surface area contributed by atoms with E-state index >= 15 is 0 Å². The highest BCUT2D eigenvalue weighted by Crippen LogP contribution is 2.39. The van der Waals surface area contributed by atoms with Crippen molar-refractivity contribution >= 4 is 28.2 Å². The summed E-state index contributed by atoms with van der Waals surface area (Å²) in [6, 6.07) is 5.75. The van der Waals surface area contributed by atoms with Gasteiger partial charge in [-0.1, -0.05) is 11.6 Å². The number of anilines is 1. The van der Waals surface area contributed by atoms with Crippen LogP contribution in [0.4, 0.5) is 5.69 Å². The van der Waals surface area contributed by atoms with E-state index in [0.29, 0.717) is 11.8 Å². The molecule has 1 aliphatic rings. The molecule has 0 N–H and O–H groups in total. The minimum absolute atomic E-state index is 0.427. The quantitative estimate of drug-likeness (QED) is 0.668. The molecule has 2 aromatic heterocycles. The number of aryl methyl sites for hydroxylation is 1. The van der Waals surface area contributed by atoms with Crippen molar-refractivity contribution in [1.82, 2.24) is 14.8 Å². The van der Waals surface area contributed by atoms with Crippen LogP contribution in [0, 0.1) is 6.92 Å². The van der Waals surface area contributed by atoms with E-state index in [9.17, 15) is 0 Å². The number of nitrogens with zero attached hydrogens (tertiary/aromatic N) is 4. The average molecular weight is 345 g/mol. The minimum atomic E-state index is 0.427. The summed E-state index contributed by atoms with van der Waals surface area (Å²) < 4.78 is 13.3. The third-order valence-electron chi connectivity index (χ3n) is 4.30. The predicted molar refractivity (Wildman–Crippen MR) is 93.9 cm³/mol. The molecule has 0 bridgehead atoms. The van der Waals surface area contributed by atoms with Crippen LogP contribution in [-0.2, 0) is 0 Å². The van der Waals surface area contributed by atoms with E-state index in [1.54, 1.807) is 13.3 Å². The molecule has 0 saturated heterocycles. The van der Waals surface area contributed by atoms with Crippen LogP contribution in [0.25, 0.3) is 16.6 Å². The number of pyridine rings is 1. The second-order valence-electron chi connectivity index (χ2n) is 5.78. The normalized spacial score (nSPS) is 13.8. The largest absolute Gasteiger partial charge is 0.494 e. The summed E-state index contributed by atoms with van der Waals surface area (Å²) in [6.45, 7) is 3.45. The van der Waals surface area contributed by atoms with Crippen molar-refractivity contribution in [3.63, 3.8) is 0 Å². The topological polar surface area (TPSA) is 52.4 Å². The molecule has 4 rings (SSSR count). The van der Waals surface area contributed by atoms with E-state index in [1.807, 2.05) is 36.9 Å². The molecule has 0 aliphatic carbocycles. The highest BCUT2D eigenvalue weighted by Gasteiger charge is 2.21. The van der Waals surface area contributed by atoms with E-state index in [4.69, 9.17) is 21.1 Å². The summed E-state index contributed by atoms with van der Waals surface area (Å²) in [5.74, 6) is 1.55. The number of methoxy groups -OCH3 is 1. The van der Waals surface area contributed by atoms with E-state index in [1.165, 1.54) is 0 Å². The lowest BCUT2D eigenvalue weighted by atomic mass is 10.2. The third kappa shape index (κ3) is 2.26. The van der Waals surface area contributed by atoms with Crippen molar-refractivity contribution in [2.45, 2.75) is 6.92 Å². The molecule has 6 nitrogen and oxygen atoms in total. The van der Waals surface area contributed by atoms with Crippen LogP contribution in [-0.4, -0.2) is 42.1 Å². The molecule has 124 valence electrons. The number of halogens is 1. The average Bonchev–Trinajstić information content (AvgIpc) is 2.90. The van der Waals surface area contributed by atoms with E-state index in [-0.39, 0.29) is 0 Å². The highest BCUT2D eigenvalue weighted by molar-refractivity contribution is 6.30. The summed E-state index contributed by atoms with van der Waals surface area (Å²) in [5, 5.41) is 6.03. The van der Waals surface area contributed by atoms with Crippen molar-refractivity contribution in [2.75, 3.05) is 32.2 Å². The van der Waals surface area contributed by atoms with E-state index in [2.05, 4.69) is 15.0 Å². The Balaban J connectivity index is 1.98. The zero-order valence-corrected chi connectivity index (χ0v) is 14.5. The summed E-state index contributed by atoms with van der Waals surface area (Å²) in [4.78, 5) is 6.30. The first kappa shape index (κ1) is 15.1. The van der Waals surface area contributed by atoms with Crippen LogP contribution in [0.1, 0.15) is 5.69 Å². The van der Waals surface area contributed by atoms with Crippen LogP contribution in [0.3, 0.4) is 0 Å². The van der Waals surface area contributed by atoms with E-state index in [0.717, 1.165) is 46.0 Å². The Labute approximate surface area is 144 Å². The lowest BCUT2D eigenvalue weighted by Gasteiger charge is -2.28. The SMILES string of the molecule is COc1cc2c(cc1-n1nc(C)c3cnc(Cl)cc31)OCCN2C. The van der Waals surface area contributed by atoms with Gasteiger partial charge in [-0.15, -0.1) is 0 Å². The molecule has 24 heavy (non-hydrogen) atoms. The molecular weight excluding hydrogens is 328 g/mol. The van der Waals surface area contributed by atoms with Crippen LogP contribution in [0.5, 0.6) is 11.5 Å². The van der Waals surface area contributed by atoms with Crippen molar-refractivity contribution in [3.05, 3.63) is 35.2 Å². The number of ether oxygens (including phenoxy) is 2. The first-order chi connectivity index (χ1) is 11.6. The highest BCUT2D eigenvalue weighted by atomic mass is 35.5. The van der Waals surface area contributed by atoms with Crippen LogP contribution in [0.2, 0.25) is 5.15 Å². The Bertz CT molecular complexity index is 938. The number of hydrogen-bond donors (Lipinski definition) is 0. The molecule has 7 heteroatoms. The summed E-state index contributed by atoms with van der Waals surface area (Å²) >= 11 is 6.08. The van der Waals surface area contributed by atoms with Gasteiger partial charge in [0.05, 0.1) is 30.6 Å². The fourth-order valence-corrected chi connectivity index (χ4v) is 3.16. The smallest absolute Gasteiger partial charge is 0.146 e. The number of hydrogen-bond acceptors (Lipinski definition) is 5. The molecular formula is C17H17ClN4O2. The van der Waals surface area contributed by atoms with Crippen LogP contribution in [0.15, 0.2) is 24.4 Å². The van der Waals surface area contributed by atoms with Gasteiger partial charge in [0.25, 0.3) is 0 Å². The maximum atomic E-state index is 6.08. The fourth-order valence-electron chi connectivity index (χ4n) is 3.01. The van der Waals surface area contributed by atoms with Crippen LogP contribution >= 0.6 is 11.6 Å². The predicted octanol–water partition coefficient (Wildman–Crippen LogP) is 3.22. The molecule has 0 atom stereocenters. The summed E-state index contributed by atoms with van der Waals surface area (Å²) in [5.41, 5.74) is 3.59. The van der Waals surface area contributed by atoms with Gasteiger partial charge in [0, 0.05) is 36.8 Å². The Morgan fingerprint density at radius 1 is 1.25 bits per heavy atom. The summed E-state index contributed by atoms with van der Waals surface area (Å²) in [7, 11) is 3.70. The van der Waals surface area contributed by atoms with Gasteiger partial charge in [-0.05, 0) is 6.92 Å². The third-order valence-corrected chi connectivity index (χ3v) is 4.51. The van der Waals surface area contributed by atoms with E-state index < -0.39 is 0 Å². The number of rotatable bonds is 2. The van der Waals surface area contributed by atoms with Gasteiger partial charge in [0.1, 0.15) is 28.9 Å². The molecule has 3 aromatic rings. The Hall–Kier alpha value is -2.47. The molecule has 0 unspecified atom stereocenters. The lowest BCUT2D eigenvalue weighted by molar-refractivity contribution is 0.310. The summed E-state index contributed by atoms with van der Waals surface area (Å²) in [6.07, 6.45) is 1.74. The van der Waals surface area contributed by atoms with Gasteiger partial charge in [-0.2, -0.15) is 5.10 Å². The van der Waals surface area contributed by atoms with Gasteiger partial charge < -0.3 is 14.4 Å². The number of aromatic nitrogens is 3. The fraction of sp³-hybridized carbons (Fsp3) is 0.294. The Morgan fingerprint density at radius 3 is 2.88 bits per heavy atom. The standard InChI is InChI=1S/C17H17ClN4O2/c1-10-11-9-19-17(18)8-12(11)22(20-10)14-7-16-13(6-15(14)23-3)21(2)4-5-24-16/h6-9H,4-5H2,1-3H3. The molecule has 0 fully saturated rings. The molecule has 0 spiro atoms. The molecule has 3 heterocycles. The molecule has 0 radical (unpaired) electrons. The van der Waals surface area contributed by atoms with Gasteiger partial charge in [-0.3, -0.25) is 0 Å². The zero-order chi connectivity index (χ0) is 16.8. The monoisotopic (exact) mass is 344 g/mol. The Kier molecular flexibility index (Phi) is 3.49. The first-order valence-corrected chi connectivity index (χ1v) is 8.03. The molecule has 1 aromatic carbocycles. The van der Waals surface area contributed by atoms with Crippen molar-refractivity contribution in [3.8, 4) is 17.2 Å². The number of benzene rings is 1. The Morgan fingerprint density at radius 2 is 2.08 bits per heavy atom. The lowest BCUT2D eigenvalue weighted by Crippen LogP contribution is -2.28.